The molecule has 154 valence electrons. The van der Waals surface area contributed by atoms with E-state index in [0.29, 0.717) is 23.4 Å². The summed E-state index contributed by atoms with van der Waals surface area (Å²) in [5.41, 5.74) is 4.39. The summed E-state index contributed by atoms with van der Waals surface area (Å²) in [6.45, 7) is 3.93. The number of ketones is 1. The number of esters is 1. The minimum atomic E-state index is -0.325. The van der Waals surface area contributed by atoms with Crippen LogP contribution >= 0.6 is 0 Å². The summed E-state index contributed by atoms with van der Waals surface area (Å²) in [4.78, 5) is 26.8. The van der Waals surface area contributed by atoms with Crippen molar-refractivity contribution in [3.8, 4) is 11.3 Å². The maximum Gasteiger partial charge on any atom is 0.302 e. The highest BCUT2D eigenvalue weighted by atomic mass is 16.5. The van der Waals surface area contributed by atoms with E-state index in [2.05, 4.69) is 15.4 Å². The molecule has 0 bridgehead atoms. The lowest BCUT2D eigenvalue weighted by atomic mass is 9.86. The molecule has 7 heteroatoms. The molecule has 0 saturated carbocycles. The number of rotatable bonds is 5. The molecule has 1 aliphatic heterocycles. The Morgan fingerprint density at radius 3 is 2.73 bits per heavy atom. The van der Waals surface area contributed by atoms with Crippen LogP contribution in [0.2, 0.25) is 0 Å². The van der Waals surface area contributed by atoms with Crippen LogP contribution in [0.3, 0.4) is 0 Å². The number of hydrogen-bond donors (Lipinski definition) is 1. The normalized spacial score (nSPS) is 15.2. The largest absolute Gasteiger partial charge is 0.464 e. The van der Waals surface area contributed by atoms with Crippen molar-refractivity contribution in [1.82, 2.24) is 5.16 Å². The van der Waals surface area contributed by atoms with Crippen LogP contribution in [0.5, 0.6) is 0 Å². The van der Waals surface area contributed by atoms with Crippen LogP contribution in [-0.2, 0) is 9.53 Å². The molecule has 3 aromatic rings. The van der Waals surface area contributed by atoms with Crippen molar-refractivity contribution in [3.05, 3.63) is 41.5 Å². The van der Waals surface area contributed by atoms with Crippen molar-refractivity contribution in [3.63, 3.8) is 0 Å². The molecule has 1 aliphatic carbocycles. The quantitative estimate of drug-likeness (QED) is 0.397. The number of anilines is 2. The maximum absolute atomic E-state index is 13.4. The number of nitrogens with zero attached hydrogens (tertiary/aromatic N) is 2. The van der Waals surface area contributed by atoms with Gasteiger partial charge in [-0.2, -0.15) is 0 Å². The van der Waals surface area contributed by atoms with Crippen LogP contribution < -0.4 is 10.2 Å². The predicted molar refractivity (Wildman–Crippen MR) is 114 cm³/mol. The molecule has 7 nitrogen and oxygen atoms in total. The molecule has 1 N–H and O–H groups in total. The third kappa shape index (κ3) is 3.01. The van der Waals surface area contributed by atoms with Gasteiger partial charge in [0.25, 0.3) is 0 Å². The number of benzene rings is 2. The maximum atomic E-state index is 13.4. The Morgan fingerprint density at radius 2 is 1.97 bits per heavy atom. The highest BCUT2D eigenvalue weighted by Gasteiger charge is 2.33. The molecule has 0 spiro atoms. The number of carbonyl (C=O) groups is 2. The second-order valence-electron chi connectivity index (χ2n) is 7.74. The predicted octanol–water partition coefficient (Wildman–Crippen LogP) is 4.00. The van der Waals surface area contributed by atoms with Crippen LogP contribution in [0.1, 0.15) is 42.1 Å². The summed E-state index contributed by atoms with van der Waals surface area (Å²) < 4.78 is 10.8. The van der Waals surface area contributed by atoms with E-state index in [-0.39, 0.29) is 18.4 Å². The van der Waals surface area contributed by atoms with Gasteiger partial charge in [0, 0.05) is 43.4 Å². The van der Waals surface area contributed by atoms with Crippen molar-refractivity contribution >= 4 is 34.0 Å². The number of carbonyl (C=O) groups excluding carboxylic acids is 2. The molecule has 0 radical (unpaired) electrons. The van der Waals surface area contributed by atoms with Gasteiger partial charge in [-0.15, -0.1) is 0 Å². The van der Waals surface area contributed by atoms with E-state index in [1.807, 2.05) is 30.3 Å². The average Bonchev–Trinajstić information content (AvgIpc) is 3.21. The topological polar surface area (TPSA) is 84.7 Å². The molecule has 0 atom stereocenters. The first-order chi connectivity index (χ1) is 14.6. The molecule has 1 saturated heterocycles. The minimum absolute atomic E-state index is 0.0496. The van der Waals surface area contributed by atoms with Gasteiger partial charge in [-0.3, -0.25) is 9.59 Å². The molecule has 1 aromatic heterocycles. The average molecular weight is 405 g/mol. The fourth-order valence-corrected chi connectivity index (χ4v) is 4.44. The Kier molecular flexibility index (Phi) is 4.65. The molecule has 2 heterocycles. The Bertz CT molecular complexity index is 1140. The molecule has 2 aliphatic rings. The standard InChI is InChI=1S/C23H23N3O4/c1-14(27)29-12-9-24-17-13-18(26-10-5-2-6-11-26)21-20-19(17)22(28)15-7-3-4-8-16(15)23(20)30-25-21/h3-4,7-8,13,24H,2,5-6,9-12H2,1H3. The van der Waals surface area contributed by atoms with Gasteiger partial charge in [-0.1, -0.05) is 29.4 Å². The molecule has 0 amide bonds. The number of aromatic nitrogens is 1. The molecule has 2 aromatic carbocycles. The summed E-state index contributed by atoms with van der Waals surface area (Å²) in [6.07, 6.45) is 3.48. The monoisotopic (exact) mass is 405 g/mol. The molecule has 0 unspecified atom stereocenters. The molecular weight excluding hydrogens is 382 g/mol. The summed E-state index contributed by atoms with van der Waals surface area (Å²) in [6, 6.07) is 9.46. The number of nitrogens with one attached hydrogen (secondary N) is 1. The first-order valence-corrected chi connectivity index (χ1v) is 10.4. The number of piperidine rings is 1. The first kappa shape index (κ1) is 18.7. The number of fused-ring (bicyclic) bond motifs is 2. The van der Waals surface area contributed by atoms with Crippen LogP contribution in [0.25, 0.3) is 22.2 Å². The van der Waals surface area contributed by atoms with Gasteiger partial charge in [-0.25, -0.2) is 0 Å². The lowest BCUT2D eigenvalue weighted by Crippen LogP contribution is -2.30. The van der Waals surface area contributed by atoms with E-state index in [1.54, 1.807) is 0 Å². The lowest BCUT2D eigenvalue weighted by molar-refractivity contribution is -0.140. The minimum Gasteiger partial charge on any atom is -0.464 e. The highest BCUT2D eigenvalue weighted by Crippen LogP contribution is 2.46. The van der Waals surface area contributed by atoms with E-state index in [4.69, 9.17) is 9.26 Å². The Hall–Kier alpha value is -3.35. The zero-order valence-electron chi connectivity index (χ0n) is 16.9. The fourth-order valence-electron chi connectivity index (χ4n) is 4.44. The van der Waals surface area contributed by atoms with E-state index >= 15 is 0 Å². The third-order valence-electron chi connectivity index (χ3n) is 5.80. The van der Waals surface area contributed by atoms with E-state index < -0.39 is 0 Å². The molecule has 5 rings (SSSR count). The number of hydrogen-bond acceptors (Lipinski definition) is 7. The highest BCUT2D eigenvalue weighted by molar-refractivity contribution is 6.28. The molecular formula is C23H23N3O4. The van der Waals surface area contributed by atoms with Crippen LogP contribution in [0.15, 0.2) is 34.9 Å². The summed E-state index contributed by atoms with van der Waals surface area (Å²) >= 11 is 0. The van der Waals surface area contributed by atoms with Gasteiger partial charge in [0.15, 0.2) is 11.5 Å². The van der Waals surface area contributed by atoms with Crippen LogP contribution in [-0.4, -0.2) is 43.2 Å². The van der Waals surface area contributed by atoms with E-state index in [1.165, 1.54) is 13.3 Å². The SMILES string of the molecule is CC(=O)OCCNc1cc(N2CCCCC2)c2noc3c2c1C(=O)c1ccccc1-3. The second-order valence-corrected chi connectivity index (χ2v) is 7.74. The second kappa shape index (κ2) is 7.48. The summed E-state index contributed by atoms with van der Waals surface area (Å²) in [5, 5.41) is 8.46. The smallest absolute Gasteiger partial charge is 0.302 e. The van der Waals surface area contributed by atoms with Crippen molar-refractivity contribution in [2.75, 3.05) is 36.5 Å². The van der Waals surface area contributed by atoms with E-state index in [9.17, 15) is 9.59 Å². The fraction of sp³-hybridized carbons (Fsp3) is 0.348. The van der Waals surface area contributed by atoms with Gasteiger partial charge in [-0.05, 0) is 25.3 Å². The molecule has 1 fully saturated rings. The van der Waals surface area contributed by atoms with Crippen molar-refractivity contribution in [2.45, 2.75) is 26.2 Å². The van der Waals surface area contributed by atoms with Crippen molar-refractivity contribution < 1.29 is 18.8 Å². The number of ether oxygens (including phenoxy) is 1. The zero-order chi connectivity index (χ0) is 20.7. The summed E-state index contributed by atoms with van der Waals surface area (Å²) in [7, 11) is 0. The van der Waals surface area contributed by atoms with Crippen molar-refractivity contribution in [2.24, 2.45) is 0 Å². The Morgan fingerprint density at radius 1 is 1.20 bits per heavy atom. The van der Waals surface area contributed by atoms with Crippen molar-refractivity contribution in [1.29, 1.82) is 0 Å². The summed E-state index contributed by atoms with van der Waals surface area (Å²) in [5.74, 6) is 0.262. The lowest BCUT2D eigenvalue weighted by Gasteiger charge is -2.30. The first-order valence-electron chi connectivity index (χ1n) is 10.4. The zero-order valence-corrected chi connectivity index (χ0v) is 16.9. The van der Waals surface area contributed by atoms with Gasteiger partial charge < -0.3 is 19.5 Å². The third-order valence-corrected chi connectivity index (χ3v) is 5.80. The van der Waals surface area contributed by atoms with Crippen LogP contribution in [0.4, 0.5) is 11.4 Å². The van der Waals surface area contributed by atoms with Gasteiger partial charge >= 0.3 is 5.97 Å². The van der Waals surface area contributed by atoms with E-state index in [0.717, 1.165) is 53.8 Å². The van der Waals surface area contributed by atoms with Crippen LogP contribution in [0, 0.1) is 0 Å². The molecule has 30 heavy (non-hydrogen) atoms. The Labute approximate surface area is 174 Å². The Balaban J connectivity index is 1.66. The van der Waals surface area contributed by atoms with Gasteiger partial charge in [0.1, 0.15) is 12.1 Å². The van der Waals surface area contributed by atoms with Gasteiger partial charge in [0.05, 0.1) is 16.6 Å². The van der Waals surface area contributed by atoms with Gasteiger partial charge in [0.2, 0.25) is 0 Å².